The summed E-state index contributed by atoms with van der Waals surface area (Å²) in [5, 5.41) is 11.9. The van der Waals surface area contributed by atoms with Crippen LogP contribution in [0, 0.1) is 0 Å². The second-order valence-electron chi connectivity index (χ2n) is 3.70. The molecule has 3 nitrogen and oxygen atoms in total. The smallest absolute Gasteiger partial charge is 0.0606 e. The van der Waals surface area contributed by atoms with Gasteiger partial charge >= 0.3 is 0 Å². The van der Waals surface area contributed by atoms with Crippen molar-refractivity contribution in [2.45, 2.75) is 0 Å². The summed E-state index contributed by atoms with van der Waals surface area (Å²) in [4.78, 5) is 2.03. The van der Waals surface area contributed by atoms with E-state index >= 15 is 0 Å². The van der Waals surface area contributed by atoms with E-state index in [1.165, 1.54) is 5.56 Å². The number of hydrogen-bond donors (Lipinski definition) is 2. The zero-order chi connectivity index (χ0) is 11.8. The van der Waals surface area contributed by atoms with E-state index in [0.29, 0.717) is 6.54 Å². The molecule has 0 radical (unpaired) electrons. The van der Waals surface area contributed by atoms with Crippen molar-refractivity contribution >= 4 is 11.8 Å². The maximum Gasteiger partial charge on any atom is 0.0606 e. The number of likely N-dealkylation sites (N-methyl/N-ethyl adjacent to an activating group) is 2. The molecular weight excluding hydrogens is 200 g/mol. The number of rotatable bonds is 6. The van der Waals surface area contributed by atoms with Crippen LogP contribution in [-0.4, -0.2) is 38.9 Å². The van der Waals surface area contributed by atoms with Crippen molar-refractivity contribution in [3.8, 4) is 0 Å². The van der Waals surface area contributed by atoms with Gasteiger partial charge in [0.2, 0.25) is 0 Å². The fourth-order valence-electron chi connectivity index (χ4n) is 1.43. The minimum Gasteiger partial charge on any atom is -0.395 e. The SMILES string of the molecule is CNCC=Cc1ccc(N(C)CCO)cc1. The molecule has 1 aromatic rings. The highest BCUT2D eigenvalue weighted by atomic mass is 16.3. The Morgan fingerprint density at radius 3 is 2.56 bits per heavy atom. The van der Waals surface area contributed by atoms with Crippen LogP contribution in [0.3, 0.4) is 0 Å². The summed E-state index contributed by atoms with van der Waals surface area (Å²) >= 11 is 0. The third-order valence-electron chi connectivity index (χ3n) is 2.40. The van der Waals surface area contributed by atoms with Crippen LogP contribution < -0.4 is 10.2 Å². The fraction of sp³-hybridized carbons (Fsp3) is 0.385. The fourth-order valence-corrected chi connectivity index (χ4v) is 1.43. The molecule has 2 N–H and O–H groups in total. The summed E-state index contributed by atoms with van der Waals surface area (Å²) in [5.41, 5.74) is 2.32. The van der Waals surface area contributed by atoms with Gasteiger partial charge in [0, 0.05) is 25.8 Å². The van der Waals surface area contributed by atoms with Gasteiger partial charge in [-0.15, -0.1) is 0 Å². The highest BCUT2D eigenvalue weighted by molar-refractivity contribution is 5.55. The van der Waals surface area contributed by atoms with Gasteiger partial charge in [-0.05, 0) is 24.7 Å². The van der Waals surface area contributed by atoms with Gasteiger partial charge in [0.05, 0.1) is 6.61 Å². The first-order valence-electron chi connectivity index (χ1n) is 5.51. The maximum absolute atomic E-state index is 8.84. The van der Waals surface area contributed by atoms with Crippen LogP contribution in [0.25, 0.3) is 6.08 Å². The molecule has 88 valence electrons. The Morgan fingerprint density at radius 1 is 1.31 bits per heavy atom. The summed E-state index contributed by atoms with van der Waals surface area (Å²) in [7, 11) is 3.90. The molecule has 0 heterocycles. The zero-order valence-electron chi connectivity index (χ0n) is 9.98. The van der Waals surface area contributed by atoms with Crippen LogP contribution in [0.15, 0.2) is 30.3 Å². The number of nitrogens with zero attached hydrogens (tertiary/aromatic N) is 1. The highest BCUT2D eigenvalue weighted by Gasteiger charge is 1.98. The molecule has 0 saturated carbocycles. The molecule has 1 rings (SSSR count). The topological polar surface area (TPSA) is 35.5 Å². The predicted octanol–water partition coefficient (Wildman–Crippen LogP) is 1.35. The number of hydrogen-bond acceptors (Lipinski definition) is 3. The number of aliphatic hydroxyl groups is 1. The Balaban J connectivity index is 2.60. The van der Waals surface area contributed by atoms with Crippen molar-refractivity contribution in [3.63, 3.8) is 0 Å². The van der Waals surface area contributed by atoms with Gasteiger partial charge in [-0.1, -0.05) is 24.3 Å². The number of aliphatic hydroxyl groups excluding tert-OH is 1. The van der Waals surface area contributed by atoms with Gasteiger partial charge in [0.25, 0.3) is 0 Å². The summed E-state index contributed by atoms with van der Waals surface area (Å²) in [6.07, 6.45) is 4.18. The molecule has 0 amide bonds. The Hall–Kier alpha value is -1.32. The minimum absolute atomic E-state index is 0.181. The van der Waals surface area contributed by atoms with Crippen molar-refractivity contribution in [3.05, 3.63) is 35.9 Å². The van der Waals surface area contributed by atoms with E-state index in [1.807, 2.05) is 19.0 Å². The summed E-state index contributed by atoms with van der Waals surface area (Å²) < 4.78 is 0. The highest BCUT2D eigenvalue weighted by Crippen LogP contribution is 2.14. The molecule has 0 bridgehead atoms. The molecule has 16 heavy (non-hydrogen) atoms. The van der Waals surface area contributed by atoms with Crippen LogP contribution in [0.2, 0.25) is 0 Å². The van der Waals surface area contributed by atoms with Crippen LogP contribution in [0.4, 0.5) is 5.69 Å². The van der Waals surface area contributed by atoms with E-state index in [1.54, 1.807) is 0 Å². The van der Waals surface area contributed by atoms with Crippen LogP contribution >= 0.6 is 0 Å². The average Bonchev–Trinajstić information content (AvgIpc) is 2.30. The van der Waals surface area contributed by atoms with E-state index in [9.17, 15) is 0 Å². The summed E-state index contributed by atoms with van der Waals surface area (Å²) in [6.45, 7) is 1.72. The number of anilines is 1. The molecule has 0 atom stereocenters. The predicted molar refractivity (Wildman–Crippen MR) is 69.8 cm³/mol. The van der Waals surface area contributed by atoms with E-state index < -0.39 is 0 Å². The van der Waals surface area contributed by atoms with Crippen molar-refractivity contribution in [2.24, 2.45) is 0 Å². The van der Waals surface area contributed by atoms with Gasteiger partial charge in [-0.2, -0.15) is 0 Å². The first kappa shape index (κ1) is 12.7. The van der Waals surface area contributed by atoms with E-state index in [2.05, 4.69) is 41.7 Å². The monoisotopic (exact) mass is 220 g/mol. The van der Waals surface area contributed by atoms with Gasteiger partial charge in [-0.3, -0.25) is 0 Å². The molecule has 0 aromatic heterocycles. The Labute approximate surface area is 97.4 Å². The van der Waals surface area contributed by atoms with Gasteiger partial charge in [0.15, 0.2) is 0 Å². The first-order valence-corrected chi connectivity index (χ1v) is 5.51. The van der Waals surface area contributed by atoms with Crippen molar-refractivity contribution in [1.82, 2.24) is 5.32 Å². The van der Waals surface area contributed by atoms with Crippen LogP contribution in [0.1, 0.15) is 5.56 Å². The molecule has 0 saturated heterocycles. The van der Waals surface area contributed by atoms with Gasteiger partial charge < -0.3 is 15.3 Å². The minimum atomic E-state index is 0.181. The van der Waals surface area contributed by atoms with Crippen LogP contribution in [0.5, 0.6) is 0 Å². The second kappa shape index (κ2) is 7.04. The Kier molecular flexibility index (Phi) is 5.61. The Bertz CT molecular complexity index is 319. The van der Waals surface area contributed by atoms with Crippen molar-refractivity contribution < 1.29 is 5.11 Å². The summed E-state index contributed by atoms with van der Waals surface area (Å²) in [6, 6.07) is 8.29. The third kappa shape index (κ3) is 4.04. The lowest BCUT2D eigenvalue weighted by atomic mass is 10.2. The normalized spacial score (nSPS) is 10.9. The Morgan fingerprint density at radius 2 is 2.00 bits per heavy atom. The number of benzene rings is 1. The standard InChI is InChI=1S/C13H20N2O/c1-14-9-3-4-12-5-7-13(8-6-12)15(2)10-11-16/h3-8,14,16H,9-11H2,1-2H3. The molecule has 0 aliphatic carbocycles. The molecule has 0 spiro atoms. The lowest BCUT2D eigenvalue weighted by molar-refractivity contribution is 0.304. The second-order valence-corrected chi connectivity index (χ2v) is 3.70. The largest absolute Gasteiger partial charge is 0.395 e. The van der Waals surface area contributed by atoms with Crippen molar-refractivity contribution in [1.29, 1.82) is 0 Å². The zero-order valence-corrected chi connectivity index (χ0v) is 9.98. The van der Waals surface area contributed by atoms with Gasteiger partial charge in [0.1, 0.15) is 0 Å². The molecule has 1 aromatic carbocycles. The quantitative estimate of drug-likeness (QED) is 0.759. The lowest BCUT2D eigenvalue weighted by Gasteiger charge is -2.17. The molecule has 0 aliphatic heterocycles. The van der Waals surface area contributed by atoms with E-state index in [0.717, 1.165) is 12.2 Å². The third-order valence-corrected chi connectivity index (χ3v) is 2.40. The average molecular weight is 220 g/mol. The molecule has 3 heteroatoms. The van der Waals surface area contributed by atoms with E-state index in [4.69, 9.17) is 5.11 Å². The van der Waals surface area contributed by atoms with Gasteiger partial charge in [-0.25, -0.2) is 0 Å². The number of nitrogens with one attached hydrogen (secondary N) is 1. The van der Waals surface area contributed by atoms with Crippen LogP contribution in [-0.2, 0) is 0 Å². The summed E-state index contributed by atoms with van der Waals surface area (Å²) in [5.74, 6) is 0. The maximum atomic E-state index is 8.84. The lowest BCUT2D eigenvalue weighted by Crippen LogP contribution is -2.20. The van der Waals surface area contributed by atoms with Crippen molar-refractivity contribution in [2.75, 3.05) is 38.7 Å². The molecule has 0 unspecified atom stereocenters. The first-order chi connectivity index (χ1) is 7.77. The molecule has 0 fully saturated rings. The molecule has 0 aliphatic rings. The molecular formula is C13H20N2O. The van der Waals surface area contributed by atoms with E-state index in [-0.39, 0.29) is 6.61 Å².